The number of hydrogen-bond donors (Lipinski definition) is 3. The Bertz CT molecular complexity index is 1450. The molecule has 0 spiro atoms. The monoisotopic (exact) mass is 515 g/mol. The maximum Gasteiger partial charge on any atom is 0.261 e. The number of thiocarbonyl (C=S) groups is 1. The van der Waals surface area contributed by atoms with Gasteiger partial charge in [-0.1, -0.05) is 29.3 Å². The SMILES string of the molecule is COc1c(Cl)cc(Cl)cc1C(=O)NC(=S)Nc1ccc(O)c(-c2nc3cc(C)cc(C)c3o2)c1. The summed E-state index contributed by atoms with van der Waals surface area (Å²) in [6, 6.07) is 11.5. The fraction of sp³-hybridized carbons (Fsp3) is 0.125. The van der Waals surface area contributed by atoms with E-state index in [4.69, 9.17) is 44.6 Å². The van der Waals surface area contributed by atoms with Gasteiger partial charge in [0.1, 0.15) is 17.0 Å². The number of carbonyl (C=O) groups is 1. The standard InChI is InChI=1S/C24H19Cl2N3O4S/c1-11-6-12(2)20-18(7-11)28-23(33-20)15-10-14(4-5-19(15)30)27-24(34)29-22(31)16-8-13(25)9-17(26)21(16)32-3/h4-10,30H,1-3H3,(H2,27,29,31,34). The molecule has 0 bridgehead atoms. The molecule has 0 aliphatic carbocycles. The molecule has 7 nitrogen and oxygen atoms in total. The number of ether oxygens (including phenoxy) is 1. The van der Waals surface area contributed by atoms with Crippen LogP contribution >= 0.6 is 35.4 Å². The van der Waals surface area contributed by atoms with Crippen LogP contribution in [-0.2, 0) is 0 Å². The number of aromatic hydroxyl groups is 1. The van der Waals surface area contributed by atoms with Crippen LogP contribution in [0.25, 0.3) is 22.6 Å². The summed E-state index contributed by atoms with van der Waals surface area (Å²) >= 11 is 17.4. The molecule has 1 amide bonds. The summed E-state index contributed by atoms with van der Waals surface area (Å²) < 4.78 is 11.1. The Morgan fingerprint density at radius 3 is 2.65 bits per heavy atom. The molecular formula is C24H19Cl2N3O4S. The highest BCUT2D eigenvalue weighted by Crippen LogP contribution is 2.35. The van der Waals surface area contributed by atoms with E-state index in [0.29, 0.717) is 22.4 Å². The van der Waals surface area contributed by atoms with E-state index in [-0.39, 0.29) is 38.1 Å². The van der Waals surface area contributed by atoms with Gasteiger partial charge in [-0.3, -0.25) is 10.1 Å². The zero-order chi connectivity index (χ0) is 24.6. The Labute approximate surface area is 210 Å². The fourth-order valence-corrected chi connectivity index (χ4v) is 4.33. The van der Waals surface area contributed by atoms with Crippen molar-refractivity contribution in [2.45, 2.75) is 13.8 Å². The van der Waals surface area contributed by atoms with Crippen LogP contribution < -0.4 is 15.4 Å². The lowest BCUT2D eigenvalue weighted by atomic mass is 10.1. The highest BCUT2D eigenvalue weighted by molar-refractivity contribution is 7.80. The van der Waals surface area contributed by atoms with E-state index in [2.05, 4.69) is 15.6 Å². The number of halogens is 2. The lowest BCUT2D eigenvalue weighted by Gasteiger charge is -2.13. The average Bonchev–Trinajstić information content (AvgIpc) is 3.18. The van der Waals surface area contributed by atoms with Gasteiger partial charge in [-0.15, -0.1) is 0 Å². The fourth-order valence-electron chi connectivity index (χ4n) is 3.55. The van der Waals surface area contributed by atoms with E-state index in [9.17, 15) is 9.90 Å². The number of phenolic OH excluding ortho intramolecular Hbond substituents is 1. The predicted octanol–water partition coefficient (Wildman–Crippen LogP) is 6.26. The first-order valence-corrected chi connectivity index (χ1v) is 11.2. The number of aryl methyl sites for hydroxylation is 2. The smallest absolute Gasteiger partial charge is 0.261 e. The Morgan fingerprint density at radius 1 is 1.15 bits per heavy atom. The first kappa shape index (κ1) is 23.8. The van der Waals surface area contributed by atoms with Crippen LogP contribution in [0.1, 0.15) is 21.5 Å². The number of benzene rings is 3. The van der Waals surface area contributed by atoms with Gasteiger partial charge in [-0.2, -0.15) is 0 Å². The maximum atomic E-state index is 12.7. The molecule has 4 rings (SSSR count). The Hall–Kier alpha value is -3.33. The van der Waals surface area contributed by atoms with Crippen LogP contribution in [0.2, 0.25) is 10.0 Å². The molecule has 0 radical (unpaired) electrons. The molecule has 0 aliphatic heterocycles. The van der Waals surface area contributed by atoms with E-state index >= 15 is 0 Å². The molecule has 0 saturated heterocycles. The van der Waals surface area contributed by atoms with Crippen LogP contribution in [0.3, 0.4) is 0 Å². The van der Waals surface area contributed by atoms with Crippen molar-refractivity contribution in [3.8, 4) is 23.0 Å². The van der Waals surface area contributed by atoms with E-state index in [0.717, 1.165) is 11.1 Å². The third kappa shape index (κ3) is 4.79. The summed E-state index contributed by atoms with van der Waals surface area (Å²) in [7, 11) is 1.40. The summed E-state index contributed by atoms with van der Waals surface area (Å²) in [5.41, 5.74) is 4.36. The van der Waals surface area contributed by atoms with Gasteiger partial charge in [-0.25, -0.2) is 4.98 Å². The number of oxazole rings is 1. The molecular weight excluding hydrogens is 497 g/mol. The molecule has 1 heterocycles. The van der Waals surface area contributed by atoms with Crippen LogP contribution in [-0.4, -0.2) is 28.2 Å². The molecule has 0 saturated carbocycles. The van der Waals surface area contributed by atoms with Crippen molar-refractivity contribution in [1.29, 1.82) is 0 Å². The number of nitrogens with one attached hydrogen (secondary N) is 2. The number of fused-ring (bicyclic) bond motifs is 1. The van der Waals surface area contributed by atoms with E-state index < -0.39 is 5.91 Å². The summed E-state index contributed by atoms with van der Waals surface area (Å²) in [5, 5.41) is 16.4. The average molecular weight is 516 g/mol. The van der Waals surface area contributed by atoms with Crippen molar-refractivity contribution in [3.05, 3.63) is 69.2 Å². The van der Waals surface area contributed by atoms with Gasteiger partial charge in [0.2, 0.25) is 5.89 Å². The molecule has 0 atom stereocenters. The minimum atomic E-state index is -0.553. The lowest BCUT2D eigenvalue weighted by molar-refractivity contribution is 0.0974. The highest BCUT2D eigenvalue weighted by Gasteiger charge is 2.19. The van der Waals surface area contributed by atoms with Gasteiger partial charge < -0.3 is 19.6 Å². The molecule has 10 heteroatoms. The molecule has 4 aromatic rings. The predicted molar refractivity (Wildman–Crippen MR) is 137 cm³/mol. The summed E-state index contributed by atoms with van der Waals surface area (Å²) in [4.78, 5) is 17.2. The van der Waals surface area contributed by atoms with E-state index in [1.54, 1.807) is 12.1 Å². The Morgan fingerprint density at radius 2 is 1.91 bits per heavy atom. The largest absolute Gasteiger partial charge is 0.507 e. The topological polar surface area (TPSA) is 96.6 Å². The first-order valence-electron chi connectivity index (χ1n) is 10.0. The molecule has 0 aliphatic rings. The number of phenols is 1. The van der Waals surface area contributed by atoms with Crippen molar-refractivity contribution in [2.75, 3.05) is 12.4 Å². The van der Waals surface area contributed by atoms with E-state index in [1.165, 1.54) is 25.3 Å². The number of methoxy groups -OCH3 is 1. The Balaban J connectivity index is 1.57. The second kappa shape index (κ2) is 9.50. The van der Waals surface area contributed by atoms with Gasteiger partial charge in [0.25, 0.3) is 5.91 Å². The van der Waals surface area contributed by atoms with Crippen LogP contribution in [0.15, 0.2) is 46.9 Å². The second-order valence-corrected chi connectivity index (χ2v) is 8.81. The Kier molecular flexibility index (Phi) is 6.65. The molecule has 1 aromatic heterocycles. The number of carbonyl (C=O) groups excluding carboxylic acids is 1. The summed E-state index contributed by atoms with van der Waals surface area (Å²) in [6.07, 6.45) is 0. The minimum absolute atomic E-state index is 0.0141. The van der Waals surface area contributed by atoms with Crippen molar-refractivity contribution in [1.82, 2.24) is 10.3 Å². The van der Waals surface area contributed by atoms with Crippen LogP contribution in [0.4, 0.5) is 5.69 Å². The zero-order valence-corrected chi connectivity index (χ0v) is 20.7. The molecule has 0 fully saturated rings. The third-order valence-corrected chi connectivity index (χ3v) is 5.69. The molecule has 174 valence electrons. The highest BCUT2D eigenvalue weighted by atomic mass is 35.5. The van der Waals surface area contributed by atoms with Crippen LogP contribution in [0, 0.1) is 13.8 Å². The third-order valence-electron chi connectivity index (χ3n) is 4.99. The van der Waals surface area contributed by atoms with Crippen LogP contribution in [0.5, 0.6) is 11.5 Å². The van der Waals surface area contributed by atoms with Crippen molar-refractivity contribution in [3.63, 3.8) is 0 Å². The van der Waals surface area contributed by atoms with Gasteiger partial charge in [0.05, 0.1) is 23.3 Å². The quantitative estimate of drug-likeness (QED) is 0.218. The first-order chi connectivity index (χ1) is 16.2. The minimum Gasteiger partial charge on any atom is -0.507 e. The number of anilines is 1. The number of amides is 1. The number of nitrogens with zero attached hydrogens (tertiary/aromatic N) is 1. The molecule has 3 aromatic carbocycles. The van der Waals surface area contributed by atoms with Crippen molar-refractivity contribution >= 4 is 63.2 Å². The number of aromatic nitrogens is 1. The van der Waals surface area contributed by atoms with Gasteiger partial charge in [0.15, 0.2) is 10.7 Å². The number of rotatable bonds is 4. The second-order valence-electron chi connectivity index (χ2n) is 7.56. The van der Waals surface area contributed by atoms with Gasteiger partial charge >= 0.3 is 0 Å². The van der Waals surface area contributed by atoms with Crippen molar-refractivity contribution in [2.24, 2.45) is 0 Å². The molecule has 3 N–H and O–H groups in total. The van der Waals surface area contributed by atoms with E-state index in [1.807, 2.05) is 26.0 Å². The molecule has 34 heavy (non-hydrogen) atoms. The lowest BCUT2D eigenvalue weighted by Crippen LogP contribution is -2.34. The normalized spacial score (nSPS) is 10.9. The summed E-state index contributed by atoms with van der Waals surface area (Å²) in [6.45, 7) is 3.91. The molecule has 0 unspecified atom stereocenters. The van der Waals surface area contributed by atoms with Crippen molar-refractivity contribution < 1.29 is 19.1 Å². The maximum absolute atomic E-state index is 12.7. The zero-order valence-electron chi connectivity index (χ0n) is 18.3. The van der Waals surface area contributed by atoms with Gasteiger partial charge in [-0.05, 0) is 73.6 Å². The van der Waals surface area contributed by atoms with Gasteiger partial charge in [0, 0.05) is 10.7 Å². The summed E-state index contributed by atoms with van der Waals surface area (Å²) in [5.74, 6) is -0.125. The number of hydrogen-bond acceptors (Lipinski definition) is 6.